The smallest absolute Gasteiger partial charge is 0.303 e. The fourth-order valence-electron chi connectivity index (χ4n) is 1.69. The minimum absolute atomic E-state index is 0.0444. The molecule has 0 aromatic carbocycles. The van der Waals surface area contributed by atoms with Crippen molar-refractivity contribution in [2.24, 2.45) is 0 Å². The van der Waals surface area contributed by atoms with Gasteiger partial charge in [-0.05, 0) is 20.3 Å². The summed E-state index contributed by atoms with van der Waals surface area (Å²) in [4.78, 5) is 35.0. The van der Waals surface area contributed by atoms with Crippen molar-refractivity contribution in [1.29, 1.82) is 0 Å². The van der Waals surface area contributed by atoms with Crippen LogP contribution in [0, 0.1) is 0 Å². The second kappa shape index (κ2) is 4.86. The molecule has 6 heteroatoms. The Bertz CT molecular complexity index is 311. The third kappa shape index (κ3) is 2.98. The first-order chi connectivity index (χ1) is 7.34. The first kappa shape index (κ1) is 13.0. The Morgan fingerprint density at radius 3 is 2.31 bits per heavy atom. The molecule has 90 valence electrons. The number of carboxylic acids is 1. The number of carbonyl (C=O) groups is 3. The summed E-state index contributed by atoms with van der Waals surface area (Å²) in [5.41, 5.74) is -0.715. The van der Waals surface area contributed by atoms with Crippen LogP contribution < -0.4 is 0 Å². The summed E-state index contributed by atoms with van der Waals surface area (Å²) in [7, 11) is 0. The first-order valence-corrected chi connectivity index (χ1v) is 6.15. The highest BCUT2D eigenvalue weighted by Gasteiger charge is 2.38. The maximum absolute atomic E-state index is 11.6. The molecule has 1 saturated heterocycles. The summed E-state index contributed by atoms with van der Waals surface area (Å²) >= 11 is 1.30. The number of aliphatic carboxylic acids is 1. The van der Waals surface area contributed by atoms with Gasteiger partial charge in [-0.3, -0.25) is 19.3 Å². The van der Waals surface area contributed by atoms with Gasteiger partial charge in [0.15, 0.2) is 0 Å². The Morgan fingerprint density at radius 2 is 1.88 bits per heavy atom. The van der Waals surface area contributed by atoms with E-state index in [1.165, 1.54) is 16.7 Å². The van der Waals surface area contributed by atoms with E-state index < -0.39 is 11.5 Å². The Balaban J connectivity index is 2.75. The lowest BCUT2D eigenvalue weighted by atomic mass is 9.95. The predicted octanol–water partition coefficient (Wildman–Crippen LogP) is 0.732. The van der Waals surface area contributed by atoms with Crippen LogP contribution in [-0.2, 0) is 14.4 Å². The molecular weight excluding hydrogens is 230 g/mol. The summed E-state index contributed by atoms with van der Waals surface area (Å²) in [5.74, 6) is -0.780. The SMILES string of the molecule is CC(C)(CCC(=O)O)N1C(=O)CSCC1=O. The number of hydrogen-bond donors (Lipinski definition) is 1. The zero-order chi connectivity index (χ0) is 12.3. The van der Waals surface area contributed by atoms with E-state index in [2.05, 4.69) is 0 Å². The van der Waals surface area contributed by atoms with Crippen LogP contribution in [-0.4, -0.2) is 44.8 Å². The highest BCUT2D eigenvalue weighted by atomic mass is 32.2. The van der Waals surface area contributed by atoms with Gasteiger partial charge < -0.3 is 5.11 Å². The third-order valence-corrected chi connectivity index (χ3v) is 3.41. The standard InChI is InChI=1S/C10H15NO4S/c1-10(2,4-3-9(14)15)11-7(12)5-16-6-8(11)13/h3-6H2,1-2H3,(H,14,15). The van der Waals surface area contributed by atoms with Gasteiger partial charge in [0.05, 0.1) is 11.5 Å². The molecule has 0 atom stereocenters. The van der Waals surface area contributed by atoms with Crippen molar-refractivity contribution in [3.63, 3.8) is 0 Å². The molecule has 16 heavy (non-hydrogen) atoms. The van der Waals surface area contributed by atoms with Crippen LogP contribution >= 0.6 is 11.8 Å². The summed E-state index contributed by atoms with van der Waals surface area (Å²) in [5, 5.41) is 8.61. The molecule has 1 aliphatic heterocycles. The summed E-state index contributed by atoms with van der Waals surface area (Å²) in [6, 6.07) is 0. The highest BCUT2D eigenvalue weighted by molar-refractivity contribution is 8.00. The molecule has 0 unspecified atom stereocenters. The number of hydrogen-bond acceptors (Lipinski definition) is 4. The monoisotopic (exact) mass is 245 g/mol. The van der Waals surface area contributed by atoms with Crippen LogP contribution in [0.5, 0.6) is 0 Å². The number of nitrogens with zero attached hydrogens (tertiary/aromatic N) is 1. The van der Waals surface area contributed by atoms with E-state index in [4.69, 9.17) is 5.11 Å². The van der Waals surface area contributed by atoms with E-state index in [9.17, 15) is 14.4 Å². The van der Waals surface area contributed by atoms with Crippen molar-refractivity contribution in [3.8, 4) is 0 Å². The van der Waals surface area contributed by atoms with Gasteiger partial charge in [0.1, 0.15) is 0 Å². The van der Waals surface area contributed by atoms with Gasteiger partial charge in [-0.15, -0.1) is 11.8 Å². The van der Waals surface area contributed by atoms with Crippen LogP contribution in [0.1, 0.15) is 26.7 Å². The lowest BCUT2D eigenvalue weighted by molar-refractivity contribution is -0.150. The highest BCUT2D eigenvalue weighted by Crippen LogP contribution is 2.26. The Morgan fingerprint density at radius 1 is 1.38 bits per heavy atom. The van der Waals surface area contributed by atoms with Crippen molar-refractivity contribution in [1.82, 2.24) is 4.90 Å². The zero-order valence-corrected chi connectivity index (χ0v) is 10.2. The normalized spacial score (nSPS) is 17.8. The quantitative estimate of drug-likeness (QED) is 0.739. The maximum atomic E-state index is 11.6. The van der Waals surface area contributed by atoms with Crippen molar-refractivity contribution in [2.45, 2.75) is 32.2 Å². The molecule has 1 heterocycles. The molecule has 1 aliphatic rings. The number of amides is 2. The van der Waals surface area contributed by atoms with E-state index in [0.29, 0.717) is 11.5 Å². The van der Waals surface area contributed by atoms with Crippen molar-refractivity contribution < 1.29 is 19.5 Å². The fraction of sp³-hybridized carbons (Fsp3) is 0.700. The molecule has 1 rings (SSSR count). The number of imide groups is 1. The molecule has 0 aromatic rings. The van der Waals surface area contributed by atoms with Crippen LogP contribution in [0.25, 0.3) is 0 Å². The molecule has 0 radical (unpaired) electrons. The van der Waals surface area contributed by atoms with Crippen LogP contribution in [0.15, 0.2) is 0 Å². The van der Waals surface area contributed by atoms with Crippen LogP contribution in [0.3, 0.4) is 0 Å². The first-order valence-electron chi connectivity index (χ1n) is 5.00. The molecule has 1 N–H and O–H groups in total. The molecule has 0 aliphatic carbocycles. The maximum Gasteiger partial charge on any atom is 0.303 e. The molecule has 1 fully saturated rings. The van der Waals surface area contributed by atoms with Gasteiger partial charge in [-0.2, -0.15) is 0 Å². The Kier molecular flexibility index (Phi) is 3.96. The molecule has 2 amide bonds. The molecule has 0 spiro atoms. The predicted molar refractivity (Wildman–Crippen MR) is 60.1 cm³/mol. The number of rotatable bonds is 4. The zero-order valence-electron chi connectivity index (χ0n) is 9.36. The van der Waals surface area contributed by atoms with Gasteiger partial charge in [0, 0.05) is 12.0 Å². The van der Waals surface area contributed by atoms with Crippen LogP contribution in [0.4, 0.5) is 0 Å². The van der Waals surface area contributed by atoms with E-state index in [-0.39, 0.29) is 24.7 Å². The lowest BCUT2D eigenvalue weighted by Crippen LogP contribution is -2.54. The van der Waals surface area contributed by atoms with Crippen molar-refractivity contribution >= 4 is 29.5 Å². The van der Waals surface area contributed by atoms with Gasteiger partial charge in [0.2, 0.25) is 11.8 Å². The van der Waals surface area contributed by atoms with E-state index in [1.54, 1.807) is 13.8 Å². The molecule has 0 bridgehead atoms. The minimum atomic E-state index is -0.917. The fourth-order valence-corrected chi connectivity index (χ4v) is 2.40. The van der Waals surface area contributed by atoms with Crippen molar-refractivity contribution in [3.05, 3.63) is 0 Å². The average molecular weight is 245 g/mol. The summed E-state index contributed by atoms with van der Waals surface area (Å²) in [6.45, 7) is 3.45. The second-order valence-electron chi connectivity index (χ2n) is 4.32. The van der Waals surface area contributed by atoms with Gasteiger partial charge >= 0.3 is 5.97 Å². The van der Waals surface area contributed by atoms with Gasteiger partial charge in [-0.1, -0.05) is 0 Å². The van der Waals surface area contributed by atoms with Crippen LogP contribution in [0.2, 0.25) is 0 Å². The lowest BCUT2D eigenvalue weighted by Gasteiger charge is -2.38. The van der Waals surface area contributed by atoms with Gasteiger partial charge in [-0.25, -0.2) is 0 Å². The molecule has 5 nitrogen and oxygen atoms in total. The van der Waals surface area contributed by atoms with Crippen molar-refractivity contribution in [2.75, 3.05) is 11.5 Å². The van der Waals surface area contributed by atoms with E-state index in [0.717, 1.165) is 0 Å². The summed E-state index contributed by atoms with van der Waals surface area (Å²) in [6.07, 6.45) is 0.238. The number of carbonyl (C=O) groups excluding carboxylic acids is 2. The Labute approximate surface area is 98.2 Å². The largest absolute Gasteiger partial charge is 0.481 e. The van der Waals surface area contributed by atoms with Gasteiger partial charge in [0.25, 0.3) is 0 Å². The number of thioether (sulfide) groups is 1. The van der Waals surface area contributed by atoms with E-state index in [1.807, 2.05) is 0 Å². The topological polar surface area (TPSA) is 74.7 Å². The minimum Gasteiger partial charge on any atom is -0.481 e. The Hall–Kier alpha value is -1.04. The number of carboxylic acid groups (broad SMARTS) is 1. The molecular formula is C10H15NO4S. The average Bonchev–Trinajstić information content (AvgIpc) is 2.14. The third-order valence-electron chi connectivity index (χ3n) is 2.51. The molecule has 0 saturated carbocycles. The van der Waals surface area contributed by atoms with E-state index >= 15 is 0 Å². The summed E-state index contributed by atoms with van der Waals surface area (Å²) < 4.78 is 0. The molecule has 0 aromatic heterocycles. The second-order valence-corrected chi connectivity index (χ2v) is 5.31.